The molecule has 0 atom stereocenters. The second-order valence-corrected chi connectivity index (χ2v) is 6.83. The highest BCUT2D eigenvalue weighted by Gasteiger charge is 2.22. The highest BCUT2D eigenvalue weighted by molar-refractivity contribution is 6.00. The van der Waals surface area contributed by atoms with Gasteiger partial charge < -0.3 is 10.1 Å². The molecule has 4 rings (SSSR count). The molecule has 2 aromatic heterocycles. The Bertz CT molecular complexity index is 1030. The van der Waals surface area contributed by atoms with E-state index in [1.807, 2.05) is 6.20 Å². The molecule has 1 aliphatic carbocycles. The summed E-state index contributed by atoms with van der Waals surface area (Å²) in [6.45, 7) is 1.53. The minimum Gasteiger partial charge on any atom is -0.496 e. The lowest BCUT2D eigenvalue weighted by Crippen LogP contribution is -2.39. The molecule has 3 aromatic rings. The van der Waals surface area contributed by atoms with Crippen LogP contribution in [0.3, 0.4) is 0 Å². The van der Waals surface area contributed by atoms with E-state index in [9.17, 15) is 9.59 Å². The van der Waals surface area contributed by atoms with Crippen molar-refractivity contribution in [1.29, 1.82) is 0 Å². The average Bonchev–Trinajstić information content (AvgIpc) is 3.04. The number of aromatic nitrogens is 2. The molecule has 0 radical (unpaired) electrons. The standard InChI is InChI=1S/C21H21N3O3/c1-13(25)18-12-17(20-22-9-4-10-24(18)20)16-11-14(7-8-19(16)27-2)21(26)23-15-5-3-6-15/h4,7-12,15H,3,5-6H2,1-2H3,(H,23,26). The van der Waals surface area contributed by atoms with Crippen LogP contribution >= 0.6 is 0 Å². The van der Waals surface area contributed by atoms with E-state index in [4.69, 9.17) is 4.74 Å². The molecular weight excluding hydrogens is 342 g/mol. The molecule has 1 saturated carbocycles. The first-order valence-corrected chi connectivity index (χ1v) is 9.05. The van der Waals surface area contributed by atoms with Gasteiger partial charge in [0.25, 0.3) is 5.91 Å². The Morgan fingerprint density at radius 2 is 2.04 bits per heavy atom. The fraction of sp³-hybridized carbons (Fsp3) is 0.286. The summed E-state index contributed by atoms with van der Waals surface area (Å²) in [5.41, 5.74) is 3.26. The molecule has 1 N–H and O–H groups in total. The number of nitrogens with one attached hydrogen (secondary N) is 1. The van der Waals surface area contributed by atoms with Crippen LogP contribution in [0.2, 0.25) is 0 Å². The number of methoxy groups -OCH3 is 1. The Labute approximate surface area is 157 Å². The molecule has 0 bridgehead atoms. The van der Waals surface area contributed by atoms with Crippen LogP contribution < -0.4 is 10.1 Å². The Kier molecular flexibility index (Phi) is 4.39. The third kappa shape index (κ3) is 3.07. The average molecular weight is 363 g/mol. The van der Waals surface area contributed by atoms with Gasteiger partial charge in [0.05, 0.1) is 12.8 Å². The number of ketones is 1. The molecule has 1 aromatic carbocycles. The van der Waals surface area contributed by atoms with E-state index in [2.05, 4.69) is 10.3 Å². The van der Waals surface area contributed by atoms with E-state index < -0.39 is 0 Å². The van der Waals surface area contributed by atoms with Crippen LogP contribution in [-0.2, 0) is 0 Å². The van der Waals surface area contributed by atoms with Gasteiger partial charge in [-0.05, 0) is 49.6 Å². The summed E-state index contributed by atoms with van der Waals surface area (Å²) in [4.78, 5) is 29.1. The monoisotopic (exact) mass is 363 g/mol. The number of fused-ring (bicyclic) bond motifs is 1. The number of ether oxygens (including phenoxy) is 1. The molecule has 1 fully saturated rings. The van der Waals surface area contributed by atoms with Crippen LogP contribution in [-0.4, -0.2) is 34.2 Å². The van der Waals surface area contributed by atoms with Crippen molar-refractivity contribution < 1.29 is 14.3 Å². The van der Waals surface area contributed by atoms with E-state index in [-0.39, 0.29) is 17.7 Å². The quantitative estimate of drug-likeness (QED) is 0.704. The molecule has 2 heterocycles. The maximum Gasteiger partial charge on any atom is 0.251 e. The smallest absolute Gasteiger partial charge is 0.251 e. The third-order valence-electron chi connectivity index (χ3n) is 5.08. The first-order chi connectivity index (χ1) is 13.1. The van der Waals surface area contributed by atoms with E-state index in [0.717, 1.165) is 30.4 Å². The molecule has 0 aliphatic heterocycles. The van der Waals surface area contributed by atoms with Gasteiger partial charge in [0.15, 0.2) is 5.78 Å². The number of carbonyl (C=O) groups excluding carboxylic acids is 2. The van der Waals surface area contributed by atoms with Gasteiger partial charge >= 0.3 is 0 Å². The lowest BCUT2D eigenvalue weighted by atomic mass is 9.93. The second kappa shape index (κ2) is 6.87. The fourth-order valence-electron chi connectivity index (χ4n) is 3.39. The van der Waals surface area contributed by atoms with Gasteiger partial charge in [-0.15, -0.1) is 0 Å². The predicted molar refractivity (Wildman–Crippen MR) is 102 cm³/mol. The zero-order valence-electron chi connectivity index (χ0n) is 15.4. The van der Waals surface area contributed by atoms with Crippen molar-refractivity contribution in [2.24, 2.45) is 0 Å². The predicted octanol–water partition coefficient (Wildman–Crippen LogP) is 3.49. The summed E-state index contributed by atoms with van der Waals surface area (Å²) in [6, 6.07) is 9.20. The van der Waals surface area contributed by atoms with Crippen molar-refractivity contribution in [2.45, 2.75) is 32.2 Å². The SMILES string of the molecule is COc1ccc(C(=O)NC2CCC2)cc1-c1cc(C(C)=O)n2cccnc12. The maximum atomic E-state index is 12.6. The molecule has 1 amide bonds. The van der Waals surface area contributed by atoms with Gasteiger partial charge in [0.1, 0.15) is 11.4 Å². The van der Waals surface area contributed by atoms with Crippen LogP contribution in [0.4, 0.5) is 0 Å². The summed E-state index contributed by atoms with van der Waals surface area (Å²) in [6.07, 6.45) is 6.72. The number of benzene rings is 1. The largest absolute Gasteiger partial charge is 0.496 e. The van der Waals surface area contributed by atoms with E-state index in [0.29, 0.717) is 22.7 Å². The van der Waals surface area contributed by atoms with Crippen LogP contribution in [0.15, 0.2) is 42.7 Å². The molecule has 138 valence electrons. The highest BCUT2D eigenvalue weighted by atomic mass is 16.5. The number of rotatable bonds is 5. The number of carbonyl (C=O) groups is 2. The van der Waals surface area contributed by atoms with Crippen molar-refractivity contribution >= 4 is 17.3 Å². The lowest BCUT2D eigenvalue weighted by Gasteiger charge is -2.26. The Morgan fingerprint density at radius 3 is 2.70 bits per heavy atom. The van der Waals surface area contributed by atoms with Crippen molar-refractivity contribution in [3.63, 3.8) is 0 Å². The van der Waals surface area contributed by atoms with E-state index >= 15 is 0 Å². The molecular formula is C21H21N3O3. The van der Waals surface area contributed by atoms with Crippen LogP contribution in [0.25, 0.3) is 16.8 Å². The molecule has 1 aliphatic rings. The van der Waals surface area contributed by atoms with Crippen LogP contribution in [0.5, 0.6) is 5.75 Å². The molecule has 6 heteroatoms. The molecule has 0 unspecified atom stereocenters. The van der Waals surface area contributed by atoms with Crippen molar-refractivity contribution in [3.05, 3.63) is 54.0 Å². The summed E-state index contributed by atoms with van der Waals surface area (Å²) < 4.78 is 7.28. The van der Waals surface area contributed by atoms with Gasteiger partial charge in [-0.25, -0.2) is 4.98 Å². The van der Waals surface area contributed by atoms with E-state index in [1.165, 1.54) is 6.92 Å². The fourth-order valence-corrected chi connectivity index (χ4v) is 3.39. The summed E-state index contributed by atoms with van der Waals surface area (Å²) in [5.74, 6) is 0.484. The maximum absolute atomic E-state index is 12.6. The van der Waals surface area contributed by atoms with E-state index in [1.54, 1.807) is 48.0 Å². The number of hydrogen-bond acceptors (Lipinski definition) is 4. The number of hydrogen-bond donors (Lipinski definition) is 1. The Morgan fingerprint density at radius 1 is 1.22 bits per heavy atom. The van der Waals surface area contributed by atoms with Crippen molar-refractivity contribution in [2.75, 3.05) is 7.11 Å². The van der Waals surface area contributed by atoms with Crippen LogP contribution in [0.1, 0.15) is 47.0 Å². The minimum atomic E-state index is -0.0909. The van der Waals surface area contributed by atoms with Crippen molar-refractivity contribution in [3.8, 4) is 16.9 Å². The third-order valence-corrected chi connectivity index (χ3v) is 5.08. The highest BCUT2D eigenvalue weighted by Crippen LogP contribution is 2.35. The minimum absolute atomic E-state index is 0.0536. The Balaban J connectivity index is 1.83. The topological polar surface area (TPSA) is 72.7 Å². The first kappa shape index (κ1) is 17.3. The van der Waals surface area contributed by atoms with Gasteiger partial charge in [-0.1, -0.05) is 0 Å². The lowest BCUT2D eigenvalue weighted by molar-refractivity contribution is 0.0916. The first-order valence-electron chi connectivity index (χ1n) is 9.05. The van der Waals surface area contributed by atoms with Gasteiger partial charge in [0, 0.05) is 42.0 Å². The zero-order valence-corrected chi connectivity index (χ0v) is 15.4. The summed E-state index contributed by atoms with van der Waals surface area (Å²) >= 11 is 0. The normalized spacial score (nSPS) is 14.0. The summed E-state index contributed by atoms with van der Waals surface area (Å²) in [7, 11) is 1.59. The molecule has 27 heavy (non-hydrogen) atoms. The number of Topliss-reactive ketones (excluding diaryl/α,β-unsaturated/α-hetero) is 1. The van der Waals surface area contributed by atoms with Gasteiger partial charge in [-0.2, -0.15) is 0 Å². The summed E-state index contributed by atoms with van der Waals surface area (Å²) in [5, 5.41) is 3.05. The zero-order chi connectivity index (χ0) is 19.0. The van der Waals surface area contributed by atoms with Gasteiger partial charge in [0.2, 0.25) is 0 Å². The molecule has 0 saturated heterocycles. The van der Waals surface area contributed by atoms with Crippen molar-refractivity contribution in [1.82, 2.24) is 14.7 Å². The second-order valence-electron chi connectivity index (χ2n) is 6.83. The number of nitrogens with zero attached hydrogens (tertiary/aromatic N) is 2. The van der Waals surface area contributed by atoms with Gasteiger partial charge in [-0.3, -0.25) is 14.0 Å². The van der Waals surface area contributed by atoms with Crippen LogP contribution in [0, 0.1) is 0 Å². The molecule has 0 spiro atoms. The number of amides is 1. The molecule has 6 nitrogen and oxygen atoms in total. The Hall–Kier alpha value is -3.15.